The van der Waals surface area contributed by atoms with Crippen molar-refractivity contribution in [2.75, 3.05) is 26.2 Å². The Morgan fingerprint density at radius 3 is 3.14 bits per heavy atom. The van der Waals surface area contributed by atoms with Gasteiger partial charge in [0.15, 0.2) is 0 Å². The smallest absolute Gasteiger partial charge is 0.304 e. The summed E-state index contributed by atoms with van der Waals surface area (Å²) in [5.41, 5.74) is 1.04. The molecule has 0 bridgehead atoms. The van der Waals surface area contributed by atoms with Crippen molar-refractivity contribution in [2.45, 2.75) is 13.0 Å². The molecular formula is C9H15N3OS. The van der Waals surface area contributed by atoms with Crippen LogP contribution in [0.15, 0.2) is 10.2 Å². The lowest BCUT2D eigenvalue weighted by molar-refractivity contribution is 0.281. The maximum absolute atomic E-state index is 10.9. The van der Waals surface area contributed by atoms with Gasteiger partial charge in [0.25, 0.3) is 0 Å². The molecule has 2 heterocycles. The molecule has 4 nitrogen and oxygen atoms in total. The topological polar surface area (TPSA) is 48.1 Å². The van der Waals surface area contributed by atoms with E-state index in [2.05, 4.69) is 15.2 Å². The molecule has 1 aliphatic heterocycles. The second-order valence-corrected chi connectivity index (χ2v) is 4.40. The van der Waals surface area contributed by atoms with Crippen molar-refractivity contribution in [3.63, 3.8) is 0 Å². The van der Waals surface area contributed by atoms with Gasteiger partial charge in [0.2, 0.25) is 0 Å². The molecule has 0 aliphatic carbocycles. The molecular weight excluding hydrogens is 198 g/mol. The third-order valence-corrected chi connectivity index (χ3v) is 3.12. The molecule has 14 heavy (non-hydrogen) atoms. The minimum Gasteiger partial charge on any atom is -0.315 e. The second-order valence-electron chi connectivity index (χ2n) is 3.55. The van der Waals surface area contributed by atoms with Gasteiger partial charge in [-0.15, -0.1) is 0 Å². The number of nitrogens with zero attached hydrogens (tertiary/aromatic N) is 1. The maximum atomic E-state index is 10.9. The van der Waals surface area contributed by atoms with Crippen molar-refractivity contribution in [1.29, 1.82) is 0 Å². The summed E-state index contributed by atoms with van der Waals surface area (Å²) < 4.78 is 0. The highest BCUT2D eigenvalue weighted by atomic mass is 32.1. The minimum absolute atomic E-state index is 0.0490. The Kier molecular flexibility index (Phi) is 3.34. The highest BCUT2D eigenvalue weighted by molar-refractivity contribution is 7.07. The van der Waals surface area contributed by atoms with Gasteiger partial charge in [-0.05, 0) is 19.5 Å². The fraction of sp³-hybridized carbons (Fsp3) is 0.667. The number of aromatic amines is 1. The van der Waals surface area contributed by atoms with Crippen LogP contribution in [0.2, 0.25) is 0 Å². The average Bonchev–Trinajstić information content (AvgIpc) is 2.43. The van der Waals surface area contributed by atoms with Gasteiger partial charge in [-0.3, -0.25) is 9.69 Å². The lowest BCUT2D eigenvalue weighted by Gasteiger charge is -2.17. The van der Waals surface area contributed by atoms with Crippen molar-refractivity contribution < 1.29 is 0 Å². The number of hydrogen-bond acceptors (Lipinski definition) is 4. The number of aromatic nitrogens is 1. The molecule has 0 saturated carbocycles. The molecule has 1 aromatic rings. The van der Waals surface area contributed by atoms with Gasteiger partial charge in [0.05, 0.1) is 0 Å². The summed E-state index contributed by atoms with van der Waals surface area (Å²) in [6, 6.07) is 0. The summed E-state index contributed by atoms with van der Waals surface area (Å²) in [5.74, 6) is 0. The SMILES string of the molecule is O=c1[nH]c(CN2CCCNCC2)cs1. The Morgan fingerprint density at radius 1 is 1.43 bits per heavy atom. The summed E-state index contributed by atoms with van der Waals surface area (Å²) in [5, 5.41) is 5.27. The first kappa shape index (κ1) is 9.89. The predicted molar refractivity (Wildman–Crippen MR) is 57.7 cm³/mol. The summed E-state index contributed by atoms with van der Waals surface area (Å²) in [6.07, 6.45) is 1.19. The van der Waals surface area contributed by atoms with Crippen LogP contribution in [0.25, 0.3) is 0 Å². The van der Waals surface area contributed by atoms with Gasteiger partial charge >= 0.3 is 4.87 Å². The summed E-state index contributed by atoms with van der Waals surface area (Å²) in [4.78, 5) is 16.2. The van der Waals surface area contributed by atoms with E-state index in [1.165, 1.54) is 17.8 Å². The standard InChI is InChI=1S/C9H15N3OS/c13-9-11-8(7-14-9)6-12-4-1-2-10-3-5-12/h7,10H,1-6H2,(H,11,13). The Balaban J connectivity index is 1.92. The van der Waals surface area contributed by atoms with E-state index in [1.807, 2.05) is 5.38 Å². The van der Waals surface area contributed by atoms with Crippen LogP contribution in [-0.4, -0.2) is 36.1 Å². The zero-order valence-electron chi connectivity index (χ0n) is 8.08. The van der Waals surface area contributed by atoms with Gasteiger partial charge in [0.1, 0.15) is 0 Å². The molecule has 0 radical (unpaired) electrons. The van der Waals surface area contributed by atoms with E-state index >= 15 is 0 Å². The highest BCUT2D eigenvalue weighted by Crippen LogP contribution is 2.03. The highest BCUT2D eigenvalue weighted by Gasteiger charge is 2.09. The van der Waals surface area contributed by atoms with Crippen LogP contribution in [0.3, 0.4) is 0 Å². The van der Waals surface area contributed by atoms with E-state index in [9.17, 15) is 4.79 Å². The molecule has 1 aliphatic rings. The Labute approximate surface area is 86.9 Å². The lowest BCUT2D eigenvalue weighted by Crippen LogP contribution is -2.27. The van der Waals surface area contributed by atoms with Crippen LogP contribution >= 0.6 is 11.3 Å². The Bertz CT molecular complexity index is 325. The van der Waals surface area contributed by atoms with Crippen LogP contribution in [-0.2, 0) is 6.54 Å². The molecule has 5 heteroatoms. The third-order valence-electron chi connectivity index (χ3n) is 2.40. The van der Waals surface area contributed by atoms with Crippen molar-refractivity contribution in [3.05, 3.63) is 20.7 Å². The van der Waals surface area contributed by atoms with Crippen LogP contribution in [0.5, 0.6) is 0 Å². The molecule has 0 unspecified atom stereocenters. The number of thiazole rings is 1. The molecule has 2 rings (SSSR count). The van der Waals surface area contributed by atoms with E-state index in [-0.39, 0.29) is 4.87 Å². The monoisotopic (exact) mass is 213 g/mol. The Morgan fingerprint density at radius 2 is 2.36 bits per heavy atom. The fourth-order valence-corrected chi connectivity index (χ4v) is 2.26. The van der Waals surface area contributed by atoms with Crippen molar-refractivity contribution in [3.8, 4) is 0 Å². The van der Waals surface area contributed by atoms with E-state index in [0.29, 0.717) is 0 Å². The van der Waals surface area contributed by atoms with Crippen LogP contribution in [0.1, 0.15) is 12.1 Å². The second kappa shape index (κ2) is 4.72. The van der Waals surface area contributed by atoms with E-state index in [0.717, 1.165) is 38.4 Å². The molecule has 0 spiro atoms. The number of hydrogen-bond donors (Lipinski definition) is 2. The van der Waals surface area contributed by atoms with Crippen molar-refractivity contribution in [1.82, 2.24) is 15.2 Å². The van der Waals surface area contributed by atoms with Gasteiger partial charge in [0, 0.05) is 30.7 Å². The molecule has 0 aromatic carbocycles. The van der Waals surface area contributed by atoms with Crippen molar-refractivity contribution in [2.24, 2.45) is 0 Å². The Hall–Kier alpha value is -0.650. The molecule has 2 N–H and O–H groups in total. The summed E-state index contributed by atoms with van der Waals surface area (Å²) >= 11 is 1.24. The van der Waals surface area contributed by atoms with E-state index < -0.39 is 0 Å². The molecule has 1 fully saturated rings. The van der Waals surface area contributed by atoms with Gasteiger partial charge in [-0.25, -0.2) is 0 Å². The normalized spacial score (nSPS) is 19.4. The molecule has 1 saturated heterocycles. The van der Waals surface area contributed by atoms with E-state index in [4.69, 9.17) is 0 Å². The van der Waals surface area contributed by atoms with Gasteiger partial charge in [-0.2, -0.15) is 0 Å². The lowest BCUT2D eigenvalue weighted by atomic mass is 10.3. The van der Waals surface area contributed by atoms with Gasteiger partial charge in [-0.1, -0.05) is 11.3 Å². The molecule has 0 atom stereocenters. The zero-order valence-corrected chi connectivity index (χ0v) is 8.90. The first-order valence-electron chi connectivity index (χ1n) is 4.94. The number of nitrogens with one attached hydrogen (secondary N) is 2. The first-order valence-corrected chi connectivity index (χ1v) is 5.82. The van der Waals surface area contributed by atoms with Crippen molar-refractivity contribution >= 4 is 11.3 Å². The fourth-order valence-electron chi connectivity index (χ4n) is 1.69. The zero-order chi connectivity index (χ0) is 9.80. The third kappa shape index (κ3) is 2.67. The molecule has 78 valence electrons. The largest absolute Gasteiger partial charge is 0.315 e. The van der Waals surface area contributed by atoms with Gasteiger partial charge < -0.3 is 10.3 Å². The quantitative estimate of drug-likeness (QED) is 0.739. The average molecular weight is 213 g/mol. The molecule has 0 amide bonds. The number of rotatable bonds is 2. The van der Waals surface area contributed by atoms with Crippen LogP contribution < -0.4 is 10.2 Å². The minimum atomic E-state index is 0.0490. The summed E-state index contributed by atoms with van der Waals surface area (Å²) in [7, 11) is 0. The predicted octanol–water partition coefficient (Wildman–Crippen LogP) is 0.232. The molecule has 1 aromatic heterocycles. The van der Waals surface area contributed by atoms with Crippen LogP contribution in [0, 0.1) is 0 Å². The summed E-state index contributed by atoms with van der Waals surface area (Å²) in [6.45, 7) is 5.22. The maximum Gasteiger partial charge on any atom is 0.304 e. The number of H-pyrrole nitrogens is 1. The first-order chi connectivity index (χ1) is 6.84. The van der Waals surface area contributed by atoms with E-state index in [1.54, 1.807) is 0 Å². The van der Waals surface area contributed by atoms with Crippen LogP contribution in [0.4, 0.5) is 0 Å².